The quantitative estimate of drug-likeness (QED) is 0.383. The van der Waals surface area contributed by atoms with Gasteiger partial charge in [-0.25, -0.2) is 14.5 Å². The molecule has 0 atom stereocenters. The van der Waals surface area contributed by atoms with Crippen LogP contribution in [0, 0.1) is 6.92 Å². The maximum absolute atomic E-state index is 12.8. The standard InChI is InChI=1S/C23H24F3N5O4/c1-5-6-35-22-19-18(21(32)31(22)15-10-28-30(11-15)12-23(24,25)26)13(2)7-16(29-19)14-8-17(33-3)20(34-4)27-9-14/h7-11,32H,5-6,12H2,1-4H3. The maximum Gasteiger partial charge on any atom is 0.408 e. The number of aryl methyl sites for hydroxylation is 1. The van der Waals surface area contributed by atoms with Gasteiger partial charge in [0.05, 0.1) is 43.8 Å². The Kier molecular flexibility index (Phi) is 6.46. The van der Waals surface area contributed by atoms with Gasteiger partial charge >= 0.3 is 6.18 Å². The zero-order valence-electron chi connectivity index (χ0n) is 19.5. The molecule has 0 spiro atoms. The molecule has 0 aromatic carbocycles. The average Bonchev–Trinajstić information content (AvgIpc) is 3.37. The fraction of sp³-hybridized carbons (Fsp3) is 0.348. The van der Waals surface area contributed by atoms with Gasteiger partial charge in [-0.3, -0.25) is 4.68 Å². The zero-order chi connectivity index (χ0) is 25.3. The van der Waals surface area contributed by atoms with Crippen molar-refractivity contribution in [3.63, 3.8) is 0 Å². The Morgan fingerprint density at radius 1 is 1.11 bits per heavy atom. The molecule has 186 valence electrons. The summed E-state index contributed by atoms with van der Waals surface area (Å²) in [4.78, 5) is 8.97. The minimum absolute atomic E-state index is 0.198. The Morgan fingerprint density at radius 2 is 1.89 bits per heavy atom. The van der Waals surface area contributed by atoms with Crippen LogP contribution in [-0.2, 0) is 6.54 Å². The highest BCUT2D eigenvalue weighted by molar-refractivity contribution is 5.95. The van der Waals surface area contributed by atoms with Gasteiger partial charge in [-0.2, -0.15) is 18.3 Å². The number of fused-ring (bicyclic) bond motifs is 1. The first-order chi connectivity index (χ1) is 16.7. The van der Waals surface area contributed by atoms with Crippen molar-refractivity contribution in [3.8, 4) is 40.3 Å². The predicted octanol–water partition coefficient (Wildman–Crippen LogP) is 4.67. The highest BCUT2D eigenvalue weighted by Crippen LogP contribution is 2.42. The number of ether oxygens (including phenoxy) is 3. The number of hydrogen-bond acceptors (Lipinski definition) is 7. The van der Waals surface area contributed by atoms with E-state index in [1.807, 2.05) is 6.92 Å². The van der Waals surface area contributed by atoms with E-state index in [4.69, 9.17) is 19.2 Å². The molecule has 0 aliphatic carbocycles. The van der Waals surface area contributed by atoms with Crippen LogP contribution in [0.25, 0.3) is 27.8 Å². The Labute approximate surface area is 198 Å². The van der Waals surface area contributed by atoms with E-state index >= 15 is 0 Å². The van der Waals surface area contributed by atoms with Crippen LogP contribution in [0.4, 0.5) is 13.2 Å². The van der Waals surface area contributed by atoms with Gasteiger partial charge in [-0.1, -0.05) is 6.92 Å². The first kappa shape index (κ1) is 24.2. The van der Waals surface area contributed by atoms with E-state index < -0.39 is 12.7 Å². The molecule has 0 radical (unpaired) electrons. The Morgan fingerprint density at radius 3 is 2.54 bits per heavy atom. The number of rotatable bonds is 8. The number of halogens is 3. The lowest BCUT2D eigenvalue weighted by atomic mass is 10.1. The van der Waals surface area contributed by atoms with Gasteiger partial charge in [0.1, 0.15) is 12.1 Å². The summed E-state index contributed by atoms with van der Waals surface area (Å²) < 4.78 is 57.0. The number of pyridine rings is 2. The number of aromatic nitrogens is 5. The number of aromatic hydroxyl groups is 1. The molecule has 4 aromatic rings. The molecule has 4 rings (SSSR count). The summed E-state index contributed by atoms with van der Waals surface area (Å²) in [6.07, 6.45) is 0.240. The lowest BCUT2D eigenvalue weighted by Gasteiger charge is -2.10. The number of methoxy groups -OCH3 is 2. The minimum Gasteiger partial charge on any atom is -0.494 e. The molecule has 0 saturated heterocycles. The predicted molar refractivity (Wildman–Crippen MR) is 121 cm³/mol. The van der Waals surface area contributed by atoms with Crippen molar-refractivity contribution >= 4 is 10.9 Å². The number of nitrogens with zero attached hydrogens (tertiary/aromatic N) is 5. The third kappa shape index (κ3) is 4.68. The van der Waals surface area contributed by atoms with Crippen LogP contribution in [-0.4, -0.2) is 56.4 Å². The number of alkyl halides is 3. The largest absolute Gasteiger partial charge is 0.494 e. The molecule has 4 heterocycles. The summed E-state index contributed by atoms with van der Waals surface area (Å²) in [5, 5.41) is 15.3. The summed E-state index contributed by atoms with van der Waals surface area (Å²) >= 11 is 0. The highest BCUT2D eigenvalue weighted by atomic mass is 19.4. The molecule has 0 aliphatic rings. The Bertz CT molecular complexity index is 1360. The SMILES string of the molecule is CCCOc1c2nc(-c3cnc(OC)c(OC)c3)cc(C)c2c(O)n1-c1cnn(CC(F)(F)F)c1. The van der Waals surface area contributed by atoms with Crippen molar-refractivity contribution in [2.45, 2.75) is 33.0 Å². The van der Waals surface area contributed by atoms with Crippen molar-refractivity contribution in [2.75, 3.05) is 20.8 Å². The smallest absolute Gasteiger partial charge is 0.408 e. The molecule has 4 aromatic heterocycles. The van der Waals surface area contributed by atoms with Crippen LogP contribution >= 0.6 is 0 Å². The van der Waals surface area contributed by atoms with Gasteiger partial charge in [-0.05, 0) is 31.0 Å². The van der Waals surface area contributed by atoms with E-state index in [9.17, 15) is 18.3 Å². The minimum atomic E-state index is -4.44. The summed E-state index contributed by atoms with van der Waals surface area (Å²) in [5.74, 6) is 0.731. The van der Waals surface area contributed by atoms with Gasteiger partial charge in [0.15, 0.2) is 5.75 Å². The highest BCUT2D eigenvalue weighted by Gasteiger charge is 2.29. The summed E-state index contributed by atoms with van der Waals surface area (Å²) in [7, 11) is 2.98. The van der Waals surface area contributed by atoms with Crippen molar-refractivity contribution in [2.24, 2.45) is 0 Å². The Hall–Kier alpha value is -3.96. The van der Waals surface area contributed by atoms with E-state index in [0.29, 0.717) is 52.4 Å². The first-order valence-electron chi connectivity index (χ1n) is 10.7. The van der Waals surface area contributed by atoms with Crippen LogP contribution in [0.5, 0.6) is 23.4 Å². The first-order valence-corrected chi connectivity index (χ1v) is 10.7. The fourth-order valence-electron chi connectivity index (χ4n) is 3.75. The lowest BCUT2D eigenvalue weighted by Crippen LogP contribution is -2.17. The summed E-state index contributed by atoms with van der Waals surface area (Å²) in [6, 6.07) is 3.50. The molecule has 35 heavy (non-hydrogen) atoms. The summed E-state index contributed by atoms with van der Waals surface area (Å²) in [6.45, 7) is 2.75. The third-order valence-electron chi connectivity index (χ3n) is 5.25. The van der Waals surface area contributed by atoms with E-state index in [2.05, 4.69) is 10.1 Å². The fourth-order valence-corrected chi connectivity index (χ4v) is 3.75. The molecule has 0 bridgehead atoms. The molecule has 1 N–H and O–H groups in total. The van der Waals surface area contributed by atoms with Crippen molar-refractivity contribution in [1.29, 1.82) is 0 Å². The van der Waals surface area contributed by atoms with E-state index in [1.165, 1.54) is 31.2 Å². The molecule has 0 fully saturated rings. The van der Waals surface area contributed by atoms with Gasteiger partial charge in [0, 0.05) is 18.0 Å². The topological polar surface area (TPSA) is 96.5 Å². The average molecular weight is 491 g/mol. The van der Waals surface area contributed by atoms with Crippen LogP contribution in [0.3, 0.4) is 0 Å². The van der Waals surface area contributed by atoms with Crippen molar-refractivity contribution in [3.05, 3.63) is 36.3 Å². The normalized spacial score (nSPS) is 11.7. The molecule has 0 unspecified atom stereocenters. The second-order valence-corrected chi connectivity index (χ2v) is 7.81. The molecule has 9 nitrogen and oxygen atoms in total. The third-order valence-corrected chi connectivity index (χ3v) is 5.25. The van der Waals surface area contributed by atoms with Gasteiger partial charge in [0.25, 0.3) is 5.88 Å². The van der Waals surface area contributed by atoms with Crippen LogP contribution in [0.15, 0.2) is 30.7 Å². The Balaban J connectivity index is 1.90. The molecular formula is C23H24F3N5O4. The molecule has 0 aliphatic heterocycles. The number of hydrogen-bond donors (Lipinski definition) is 1. The van der Waals surface area contributed by atoms with Crippen LogP contribution in [0.2, 0.25) is 0 Å². The molecule has 0 amide bonds. The van der Waals surface area contributed by atoms with Crippen LogP contribution in [0.1, 0.15) is 18.9 Å². The monoisotopic (exact) mass is 491 g/mol. The second-order valence-electron chi connectivity index (χ2n) is 7.81. The lowest BCUT2D eigenvalue weighted by molar-refractivity contribution is -0.142. The maximum atomic E-state index is 12.8. The van der Waals surface area contributed by atoms with E-state index in [0.717, 1.165) is 4.68 Å². The van der Waals surface area contributed by atoms with Crippen molar-refractivity contribution < 1.29 is 32.5 Å². The summed E-state index contributed by atoms with van der Waals surface area (Å²) in [5.41, 5.74) is 2.42. The zero-order valence-corrected chi connectivity index (χ0v) is 19.5. The van der Waals surface area contributed by atoms with Gasteiger partial charge in [0.2, 0.25) is 11.8 Å². The van der Waals surface area contributed by atoms with Gasteiger partial charge in [-0.15, -0.1) is 0 Å². The molecular weight excluding hydrogens is 467 g/mol. The molecule has 0 saturated carbocycles. The van der Waals surface area contributed by atoms with Crippen molar-refractivity contribution in [1.82, 2.24) is 24.3 Å². The molecule has 12 heteroatoms. The second kappa shape index (κ2) is 9.35. The van der Waals surface area contributed by atoms with E-state index in [-0.39, 0.29) is 17.4 Å². The van der Waals surface area contributed by atoms with Gasteiger partial charge < -0.3 is 19.3 Å². The van der Waals surface area contributed by atoms with E-state index in [1.54, 1.807) is 25.3 Å². The van der Waals surface area contributed by atoms with Crippen LogP contribution < -0.4 is 14.2 Å².